The number of hydrogen-bond donors (Lipinski definition) is 0. The molecule has 25 heavy (non-hydrogen) atoms. The van der Waals surface area contributed by atoms with E-state index >= 15 is 0 Å². The summed E-state index contributed by atoms with van der Waals surface area (Å²) in [5.74, 6) is 0. The van der Waals surface area contributed by atoms with Crippen LogP contribution in [0.4, 0.5) is 0 Å². The van der Waals surface area contributed by atoms with Gasteiger partial charge in [-0.3, -0.25) is 4.68 Å². The van der Waals surface area contributed by atoms with Crippen LogP contribution in [0.2, 0.25) is 0 Å². The summed E-state index contributed by atoms with van der Waals surface area (Å²) in [4.78, 5) is 0.218. The van der Waals surface area contributed by atoms with Gasteiger partial charge in [-0.2, -0.15) is 9.40 Å². The second-order valence-electron chi connectivity index (χ2n) is 5.65. The molecule has 0 radical (unpaired) electrons. The molecular formula is C17H25N3O4S. The van der Waals surface area contributed by atoms with Crippen LogP contribution in [0.5, 0.6) is 0 Å². The lowest BCUT2D eigenvalue weighted by Gasteiger charge is -2.21. The van der Waals surface area contributed by atoms with Gasteiger partial charge in [0.15, 0.2) is 0 Å². The van der Waals surface area contributed by atoms with Crippen LogP contribution in [0.15, 0.2) is 41.4 Å². The third kappa shape index (κ3) is 5.12. The van der Waals surface area contributed by atoms with E-state index < -0.39 is 10.0 Å². The summed E-state index contributed by atoms with van der Waals surface area (Å²) >= 11 is 0. The SMILES string of the molecule is COCCN(CCOC)S(=O)(=O)c1cn(Cc2ccccc2)nc1C. The van der Waals surface area contributed by atoms with E-state index in [1.54, 1.807) is 32.0 Å². The van der Waals surface area contributed by atoms with Crippen molar-refractivity contribution in [2.45, 2.75) is 18.4 Å². The second-order valence-corrected chi connectivity index (χ2v) is 7.56. The fraction of sp³-hybridized carbons (Fsp3) is 0.471. The van der Waals surface area contributed by atoms with Crippen LogP contribution in [0, 0.1) is 6.92 Å². The Kier molecular flexibility index (Phi) is 7.12. The molecule has 0 amide bonds. The molecule has 0 fully saturated rings. The molecule has 0 spiro atoms. The predicted molar refractivity (Wildman–Crippen MR) is 95.0 cm³/mol. The molecule has 1 aromatic heterocycles. The number of ether oxygens (including phenoxy) is 2. The van der Waals surface area contributed by atoms with Crippen molar-refractivity contribution >= 4 is 10.0 Å². The van der Waals surface area contributed by atoms with Crippen LogP contribution in [-0.2, 0) is 26.0 Å². The lowest BCUT2D eigenvalue weighted by Crippen LogP contribution is -2.36. The van der Waals surface area contributed by atoms with E-state index in [0.717, 1.165) is 5.56 Å². The van der Waals surface area contributed by atoms with Crippen molar-refractivity contribution in [1.82, 2.24) is 14.1 Å². The van der Waals surface area contributed by atoms with Gasteiger partial charge < -0.3 is 9.47 Å². The molecule has 0 saturated carbocycles. The highest BCUT2D eigenvalue weighted by Gasteiger charge is 2.28. The second kappa shape index (κ2) is 9.10. The van der Waals surface area contributed by atoms with Gasteiger partial charge in [-0.1, -0.05) is 30.3 Å². The van der Waals surface area contributed by atoms with Crippen molar-refractivity contribution in [3.63, 3.8) is 0 Å². The molecule has 8 heteroatoms. The van der Waals surface area contributed by atoms with Gasteiger partial charge in [0.25, 0.3) is 0 Å². The number of sulfonamides is 1. The maximum atomic E-state index is 13.0. The lowest BCUT2D eigenvalue weighted by atomic mass is 10.2. The highest BCUT2D eigenvalue weighted by molar-refractivity contribution is 7.89. The summed E-state index contributed by atoms with van der Waals surface area (Å²) in [5.41, 5.74) is 1.54. The fourth-order valence-electron chi connectivity index (χ4n) is 2.48. The number of hydrogen-bond acceptors (Lipinski definition) is 5. The van der Waals surface area contributed by atoms with Crippen molar-refractivity contribution in [2.75, 3.05) is 40.5 Å². The summed E-state index contributed by atoms with van der Waals surface area (Å²) in [6, 6.07) is 9.79. The first-order valence-electron chi connectivity index (χ1n) is 8.05. The minimum Gasteiger partial charge on any atom is -0.383 e. The average molecular weight is 367 g/mol. The Morgan fingerprint density at radius 3 is 2.24 bits per heavy atom. The van der Waals surface area contributed by atoms with E-state index in [1.807, 2.05) is 30.3 Å². The van der Waals surface area contributed by atoms with E-state index in [9.17, 15) is 8.42 Å². The van der Waals surface area contributed by atoms with Crippen molar-refractivity contribution in [3.05, 3.63) is 47.8 Å². The molecule has 0 atom stereocenters. The lowest BCUT2D eigenvalue weighted by molar-refractivity contribution is 0.150. The van der Waals surface area contributed by atoms with Crippen LogP contribution < -0.4 is 0 Å². The summed E-state index contributed by atoms with van der Waals surface area (Å²) in [7, 11) is -0.566. The van der Waals surface area contributed by atoms with Crippen molar-refractivity contribution in [2.24, 2.45) is 0 Å². The van der Waals surface area contributed by atoms with Gasteiger partial charge in [0.1, 0.15) is 4.90 Å². The maximum Gasteiger partial charge on any atom is 0.246 e. The van der Waals surface area contributed by atoms with Crippen LogP contribution in [-0.4, -0.2) is 63.0 Å². The van der Waals surface area contributed by atoms with Crippen LogP contribution in [0.25, 0.3) is 0 Å². The van der Waals surface area contributed by atoms with E-state index in [0.29, 0.717) is 25.5 Å². The van der Waals surface area contributed by atoms with Gasteiger partial charge in [-0.15, -0.1) is 0 Å². The first-order chi connectivity index (χ1) is 12.0. The Labute approximate surface area is 149 Å². The quantitative estimate of drug-likeness (QED) is 0.637. The molecule has 138 valence electrons. The minimum absolute atomic E-state index is 0.218. The minimum atomic E-state index is -3.66. The molecule has 7 nitrogen and oxygen atoms in total. The Morgan fingerprint density at radius 2 is 1.68 bits per heavy atom. The van der Waals surface area contributed by atoms with E-state index in [-0.39, 0.29) is 18.0 Å². The molecule has 2 rings (SSSR count). The standard InChI is InChI=1S/C17H25N3O4S/c1-15-17(14-19(18-15)13-16-7-5-4-6-8-16)25(21,22)20(9-11-23-2)10-12-24-3/h4-8,14H,9-13H2,1-3H3. The maximum absolute atomic E-state index is 13.0. The number of methoxy groups -OCH3 is 2. The number of aromatic nitrogens is 2. The Morgan fingerprint density at radius 1 is 1.08 bits per heavy atom. The first kappa shape index (κ1) is 19.6. The smallest absolute Gasteiger partial charge is 0.246 e. The summed E-state index contributed by atoms with van der Waals surface area (Å²) in [5, 5.41) is 4.36. The van der Waals surface area contributed by atoms with Gasteiger partial charge in [-0.25, -0.2) is 8.42 Å². The third-order valence-electron chi connectivity index (χ3n) is 3.80. The topological polar surface area (TPSA) is 73.7 Å². The van der Waals surface area contributed by atoms with Crippen LogP contribution in [0.3, 0.4) is 0 Å². The summed E-state index contributed by atoms with van der Waals surface area (Å²) in [6.07, 6.45) is 1.59. The molecule has 1 heterocycles. The summed E-state index contributed by atoms with van der Waals surface area (Å²) < 4.78 is 39.1. The predicted octanol–water partition coefficient (Wildman–Crippen LogP) is 1.52. The Bertz CT molecular complexity index is 751. The highest BCUT2D eigenvalue weighted by atomic mass is 32.2. The molecule has 0 aliphatic carbocycles. The van der Waals surface area contributed by atoms with Gasteiger partial charge in [0.2, 0.25) is 10.0 Å². The highest BCUT2D eigenvalue weighted by Crippen LogP contribution is 2.19. The van der Waals surface area contributed by atoms with Gasteiger partial charge >= 0.3 is 0 Å². The van der Waals surface area contributed by atoms with Crippen molar-refractivity contribution in [1.29, 1.82) is 0 Å². The van der Waals surface area contributed by atoms with Crippen molar-refractivity contribution in [3.8, 4) is 0 Å². The van der Waals surface area contributed by atoms with Crippen LogP contribution >= 0.6 is 0 Å². The van der Waals surface area contributed by atoms with E-state index in [2.05, 4.69) is 5.10 Å². The van der Waals surface area contributed by atoms with Gasteiger partial charge in [0.05, 0.1) is 25.5 Å². The molecule has 2 aromatic rings. The molecule has 0 saturated heterocycles. The molecule has 0 aliphatic heterocycles. The molecular weight excluding hydrogens is 342 g/mol. The number of benzene rings is 1. The number of rotatable bonds is 10. The zero-order valence-corrected chi connectivity index (χ0v) is 15.7. The first-order valence-corrected chi connectivity index (χ1v) is 9.49. The van der Waals surface area contributed by atoms with E-state index in [4.69, 9.17) is 9.47 Å². The number of aryl methyl sites for hydroxylation is 1. The normalized spacial score (nSPS) is 12.0. The largest absolute Gasteiger partial charge is 0.383 e. The molecule has 0 unspecified atom stereocenters. The van der Waals surface area contributed by atoms with E-state index in [1.165, 1.54) is 4.31 Å². The Hall–Kier alpha value is -1.74. The van der Waals surface area contributed by atoms with Gasteiger partial charge in [0, 0.05) is 33.5 Å². The van der Waals surface area contributed by atoms with Crippen molar-refractivity contribution < 1.29 is 17.9 Å². The molecule has 0 N–H and O–H groups in total. The zero-order valence-electron chi connectivity index (χ0n) is 14.9. The zero-order chi connectivity index (χ0) is 18.3. The molecule has 0 bridgehead atoms. The van der Waals surface area contributed by atoms with Crippen LogP contribution in [0.1, 0.15) is 11.3 Å². The molecule has 1 aromatic carbocycles. The Balaban J connectivity index is 2.24. The van der Waals surface area contributed by atoms with Gasteiger partial charge in [-0.05, 0) is 12.5 Å². The third-order valence-corrected chi connectivity index (χ3v) is 5.80. The average Bonchev–Trinajstić information content (AvgIpc) is 2.96. The number of nitrogens with zero attached hydrogens (tertiary/aromatic N) is 3. The monoisotopic (exact) mass is 367 g/mol. The fourth-order valence-corrected chi connectivity index (χ4v) is 4.06. The summed E-state index contributed by atoms with van der Waals surface area (Å²) in [6.45, 7) is 3.41. The molecule has 0 aliphatic rings.